The van der Waals surface area contributed by atoms with Gasteiger partial charge in [0.2, 0.25) is 5.88 Å². The summed E-state index contributed by atoms with van der Waals surface area (Å²) in [5, 5.41) is 12.8. The fourth-order valence-electron chi connectivity index (χ4n) is 3.80. The van der Waals surface area contributed by atoms with E-state index < -0.39 is 5.97 Å². The highest BCUT2D eigenvalue weighted by Crippen LogP contribution is 2.49. The van der Waals surface area contributed by atoms with Crippen LogP contribution in [0.25, 0.3) is 0 Å². The molecule has 2 aliphatic carbocycles. The van der Waals surface area contributed by atoms with Gasteiger partial charge in [0.25, 0.3) is 0 Å². The zero-order chi connectivity index (χ0) is 14.3. The zero-order valence-corrected chi connectivity index (χ0v) is 11.7. The van der Waals surface area contributed by atoms with Gasteiger partial charge < -0.3 is 15.2 Å². The van der Waals surface area contributed by atoms with E-state index in [1.165, 1.54) is 6.33 Å². The molecule has 6 nitrogen and oxygen atoms in total. The van der Waals surface area contributed by atoms with Gasteiger partial charge >= 0.3 is 5.97 Å². The number of nitrogens with one attached hydrogen (secondary N) is 1. The Morgan fingerprint density at radius 2 is 2.15 bits per heavy atom. The van der Waals surface area contributed by atoms with Crippen molar-refractivity contribution >= 4 is 11.8 Å². The van der Waals surface area contributed by atoms with E-state index in [1.807, 2.05) is 6.92 Å². The summed E-state index contributed by atoms with van der Waals surface area (Å²) >= 11 is 0. The molecule has 0 aliphatic heterocycles. The Morgan fingerprint density at radius 3 is 2.85 bits per heavy atom. The van der Waals surface area contributed by atoms with Gasteiger partial charge in [-0.3, -0.25) is 4.79 Å². The molecule has 0 amide bonds. The molecule has 0 spiro atoms. The van der Waals surface area contributed by atoms with Crippen LogP contribution >= 0.6 is 0 Å². The van der Waals surface area contributed by atoms with Crippen LogP contribution in [0.5, 0.6) is 5.88 Å². The summed E-state index contributed by atoms with van der Waals surface area (Å²) in [6.45, 7) is 1.88. The molecule has 1 aromatic heterocycles. The molecule has 20 heavy (non-hydrogen) atoms. The number of carbonyl (C=O) groups is 1. The molecule has 108 valence electrons. The average molecular weight is 277 g/mol. The predicted octanol–water partition coefficient (Wildman–Crippen LogP) is 1.70. The second-order valence-corrected chi connectivity index (χ2v) is 5.72. The van der Waals surface area contributed by atoms with E-state index in [-0.39, 0.29) is 12.0 Å². The molecule has 2 fully saturated rings. The number of methoxy groups -OCH3 is 1. The van der Waals surface area contributed by atoms with Gasteiger partial charge in [-0.05, 0) is 38.0 Å². The SMILES string of the molecule is COc1ncnc(NC2C3CCC(C3)C2C(=O)O)c1C. The van der Waals surface area contributed by atoms with Crippen LogP contribution in [-0.4, -0.2) is 34.2 Å². The molecule has 2 saturated carbocycles. The van der Waals surface area contributed by atoms with Crippen molar-refractivity contribution in [3.63, 3.8) is 0 Å². The summed E-state index contributed by atoms with van der Waals surface area (Å²) in [6, 6.07) is -0.0374. The van der Waals surface area contributed by atoms with Crippen molar-refractivity contribution in [3.05, 3.63) is 11.9 Å². The molecular weight excluding hydrogens is 258 g/mol. The number of rotatable bonds is 4. The number of carboxylic acids is 1. The Labute approximate surface area is 117 Å². The van der Waals surface area contributed by atoms with Crippen molar-refractivity contribution < 1.29 is 14.6 Å². The molecule has 0 saturated heterocycles. The highest BCUT2D eigenvalue weighted by Gasteiger charge is 2.51. The highest BCUT2D eigenvalue weighted by molar-refractivity contribution is 5.73. The molecule has 2 N–H and O–H groups in total. The number of fused-ring (bicyclic) bond motifs is 2. The first-order chi connectivity index (χ1) is 9.61. The van der Waals surface area contributed by atoms with Gasteiger partial charge in [0.1, 0.15) is 12.1 Å². The maximum absolute atomic E-state index is 11.5. The van der Waals surface area contributed by atoms with E-state index in [4.69, 9.17) is 4.74 Å². The van der Waals surface area contributed by atoms with E-state index in [1.54, 1.807) is 7.11 Å². The largest absolute Gasteiger partial charge is 0.481 e. The van der Waals surface area contributed by atoms with Crippen LogP contribution in [0.15, 0.2) is 6.33 Å². The third-order valence-electron chi connectivity index (χ3n) is 4.74. The third-order valence-corrected chi connectivity index (χ3v) is 4.74. The molecule has 1 aromatic rings. The fraction of sp³-hybridized carbons (Fsp3) is 0.643. The predicted molar refractivity (Wildman–Crippen MR) is 72.7 cm³/mol. The van der Waals surface area contributed by atoms with Crippen molar-refractivity contribution in [2.24, 2.45) is 17.8 Å². The quantitative estimate of drug-likeness (QED) is 0.871. The molecular formula is C14H19N3O3. The summed E-state index contributed by atoms with van der Waals surface area (Å²) < 4.78 is 5.18. The third kappa shape index (κ3) is 1.99. The topological polar surface area (TPSA) is 84.3 Å². The van der Waals surface area contributed by atoms with Gasteiger partial charge in [0.05, 0.1) is 18.6 Å². The summed E-state index contributed by atoms with van der Waals surface area (Å²) in [5.74, 6) is 0.932. The minimum absolute atomic E-state index is 0.0374. The number of hydrogen-bond donors (Lipinski definition) is 2. The van der Waals surface area contributed by atoms with Crippen molar-refractivity contribution in [2.75, 3.05) is 12.4 Å². The lowest BCUT2D eigenvalue weighted by atomic mass is 9.84. The summed E-state index contributed by atoms with van der Waals surface area (Å²) in [7, 11) is 1.57. The summed E-state index contributed by atoms with van der Waals surface area (Å²) in [5.41, 5.74) is 0.821. The second kappa shape index (κ2) is 4.92. The lowest BCUT2D eigenvalue weighted by Crippen LogP contribution is -2.39. The van der Waals surface area contributed by atoms with E-state index >= 15 is 0 Å². The maximum atomic E-state index is 11.5. The van der Waals surface area contributed by atoms with Crippen LogP contribution in [-0.2, 0) is 4.79 Å². The van der Waals surface area contributed by atoms with Gasteiger partial charge in [0, 0.05) is 6.04 Å². The van der Waals surface area contributed by atoms with E-state index in [9.17, 15) is 9.90 Å². The smallest absolute Gasteiger partial charge is 0.308 e. The van der Waals surface area contributed by atoms with Crippen LogP contribution in [0.1, 0.15) is 24.8 Å². The Hall–Kier alpha value is -1.85. The maximum Gasteiger partial charge on any atom is 0.308 e. The van der Waals surface area contributed by atoms with E-state index in [0.29, 0.717) is 23.5 Å². The van der Waals surface area contributed by atoms with Crippen LogP contribution in [0, 0.1) is 24.7 Å². The van der Waals surface area contributed by atoms with Gasteiger partial charge in [-0.2, -0.15) is 0 Å². The number of aliphatic carboxylic acids is 1. The van der Waals surface area contributed by atoms with Crippen LogP contribution in [0.3, 0.4) is 0 Å². The number of ether oxygens (including phenoxy) is 1. The minimum Gasteiger partial charge on any atom is -0.481 e. The van der Waals surface area contributed by atoms with Gasteiger partial charge in [-0.15, -0.1) is 0 Å². The van der Waals surface area contributed by atoms with Crippen molar-refractivity contribution in [2.45, 2.75) is 32.2 Å². The monoisotopic (exact) mass is 277 g/mol. The Bertz CT molecular complexity index is 534. The summed E-state index contributed by atoms with van der Waals surface area (Å²) in [4.78, 5) is 19.8. The van der Waals surface area contributed by atoms with Crippen LogP contribution < -0.4 is 10.1 Å². The van der Waals surface area contributed by atoms with Crippen molar-refractivity contribution in [1.82, 2.24) is 9.97 Å². The van der Waals surface area contributed by atoms with Crippen molar-refractivity contribution in [1.29, 1.82) is 0 Å². The standard InChI is InChI=1S/C14H19N3O3/c1-7-12(15-6-16-13(7)20-2)17-11-9-4-3-8(5-9)10(11)14(18)19/h6,8-11H,3-5H2,1-2H3,(H,18,19)(H,15,16,17). The number of nitrogens with zero attached hydrogens (tertiary/aromatic N) is 2. The number of aromatic nitrogens is 2. The van der Waals surface area contributed by atoms with Crippen LogP contribution in [0.4, 0.5) is 5.82 Å². The lowest BCUT2D eigenvalue weighted by Gasteiger charge is -2.29. The second-order valence-electron chi connectivity index (χ2n) is 5.72. The van der Waals surface area contributed by atoms with Crippen molar-refractivity contribution in [3.8, 4) is 5.88 Å². The lowest BCUT2D eigenvalue weighted by molar-refractivity contribution is -0.143. The Morgan fingerprint density at radius 1 is 1.40 bits per heavy atom. The first-order valence-corrected chi connectivity index (χ1v) is 6.96. The van der Waals surface area contributed by atoms with E-state index in [0.717, 1.165) is 24.8 Å². The minimum atomic E-state index is -0.701. The molecule has 0 aromatic carbocycles. The average Bonchev–Trinajstić information content (AvgIpc) is 3.01. The molecule has 3 rings (SSSR count). The summed E-state index contributed by atoms with van der Waals surface area (Å²) in [6.07, 6.45) is 4.59. The molecule has 2 bridgehead atoms. The van der Waals surface area contributed by atoms with E-state index in [2.05, 4.69) is 15.3 Å². The number of anilines is 1. The molecule has 6 heteroatoms. The zero-order valence-electron chi connectivity index (χ0n) is 11.7. The van der Waals surface area contributed by atoms with Gasteiger partial charge in [-0.1, -0.05) is 0 Å². The molecule has 0 radical (unpaired) electrons. The van der Waals surface area contributed by atoms with Crippen LogP contribution in [0.2, 0.25) is 0 Å². The molecule has 1 heterocycles. The first-order valence-electron chi connectivity index (χ1n) is 6.96. The van der Waals surface area contributed by atoms with Gasteiger partial charge in [0.15, 0.2) is 0 Å². The fourth-order valence-corrected chi connectivity index (χ4v) is 3.80. The molecule has 2 aliphatic rings. The highest BCUT2D eigenvalue weighted by atomic mass is 16.5. The Balaban J connectivity index is 1.85. The number of hydrogen-bond acceptors (Lipinski definition) is 5. The molecule has 4 atom stereocenters. The molecule has 4 unspecified atom stereocenters. The number of carboxylic acid groups (broad SMARTS) is 1. The Kier molecular flexibility index (Phi) is 3.23. The normalized spacial score (nSPS) is 31.3. The first kappa shape index (κ1) is 13.1. The van der Waals surface area contributed by atoms with Gasteiger partial charge in [-0.25, -0.2) is 9.97 Å².